The SMILES string of the molecule is COC(O)(Cc1ccccc1)C(O)C(O)CO. The average molecular weight is 242 g/mol. The fraction of sp³-hybridized carbons (Fsp3) is 0.500. The van der Waals surface area contributed by atoms with E-state index in [2.05, 4.69) is 0 Å². The van der Waals surface area contributed by atoms with Gasteiger partial charge in [-0.15, -0.1) is 0 Å². The predicted molar refractivity (Wildman–Crippen MR) is 61.2 cm³/mol. The first kappa shape index (κ1) is 14.1. The summed E-state index contributed by atoms with van der Waals surface area (Å²) in [4.78, 5) is 0. The summed E-state index contributed by atoms with van der Waals surface area (Å²) in [5.74, 6) is -1.93. The Morgan fingerprint density at radius 3 is 2.29 bits per heavy atom. The normalized spacial score (nSPS) is 18.4. The first-order valence-electron chi connectivity index (χ1n) is 5.32. The molecule has 0 aliphatic heterocycles. The quantitative estimate of drug-likeness (QED) is 0.494. The van der Waals surface area contributed by atoms with Crippen LogP contribution in [0, 0.1) is 0 Å². The molecule has 0 amide bonds. The highest BCUT2D eigenvalue weighted by Gasteiger charge is 2.40. The zero-order valence-corrected chi connectivity index (χ0v) is 9.65. The molecule has 0 saturated carbocycles. The highest BCUT2D eigenvalue weighted by Crippen LogP contribution is 2.20. The van der Waals surface area contributed by atoms with E-state index in [4.69, 9.17) is 9.84 Å². The van der Waals surface area contributed by atoms with Gasteiger partial charge in [0.15, 0.2) is 5.79 Å². The number of aliphatic hydroxyl groups is 4. The number of rotatable bonds is 6. The summed E-state index contributed by atoms with van der Waals surface area (Å²) in [6.07, 6.45) is -3.02. The van der Waals surface area contributed by atoms with E-state index < -0.39 is 24.6 Å². The molecule has 1 aromatic rings. The average Bonchev–Trinajstić information content (AvgIpc) is 2.37. The van der Waals surface area contributed by atoms with Crippen molar-refractivity contribution in [2.24, 2.45) is 0 Å². The standard InChI is InChI=1S/C12H18O5/c1-17-12(16,11(15)10(14)8-13)7-9-5-3-2-4-6-9/h2-6,10-11,13-16H,7-8H2,1H3. The van der Waals surface area contributed by atoms with Gasteiger partial charge in [0, 0.05) is 13.5 Å². The monoisotopic (exact) mass is 242 g/mol. The van der Waals surface area contributed by atoms with Crippen LogP contribution < -0.4 is 0 Å². The van der Waals surface area contributed by atoms with Crippen LogP contribution in [0.1, 0.15) is 5.56 Å². The second kappa shape index (κ2) is 6.09. The van der Waals surface area contributed by atoms with Gasteiger partial charge in [-0.3, -0.25) is 0 Å². The van der Waals surface area contributed by atoms with E-state index in [0.29, 0.717) is 0 Å². The van der Waals surface area contributed by atoms with Crippen molar-refractivity contribution < 1.29 is 25.2 Å². The lowest BCUT2D eigenvalue weighted by Gasteiger charge is -2.33. The van der Waals surface area contributed by atoms with Crippen LogP contribution in [-0.2, 0) is 11.2 Å². The molecule has 4 N–H and O–H groups in total. The molecule has 1 aromatic carbocycles. The van der Waals surface area contributed by atoms with Crippen LogP contribution in [0.4, 0.5) is 0 Å². The molecule has 5 heteroatoms. The Morgan fingerprint density at radius 1 is 1.24 bits per heavy atom. The van der Waals surface area contributed by atoms with Crippen molar-refractivity contribution in [2.75, 3.05) is 13.7 Å². The van der Waals surface area contributed by atoms with Gasteiger partial charge in [0.25, 0.3) is 0 Å². The third-order valence-electron chi connectivity index (χ3n) is 2.67. The molecule has 3 atom stereocenters. The molecule has 3 unspecified atom stereocenters. The summed E-state index contributed by atoms with van der Waals surface area (Å²) in [5.41, 5.74) is 0.751. The van der Waals surface area contributed by atoms with Crippen molar-refractivity contribution in [2.45, 2.75) is 24.4 Å². The summed E-state index contributed by atoms with van der Waals surface area (Å²) >= 11 is 0. The van der Waals surface area contributed by atoms with Gasteiger partial charge in [-0.2, -0.15) is 0 Å². The second-order valence-electron chi connectivity index (χ2n) is 3.91. The fourth-order valence-electron chi connectivity index (χ4n) is 1.59. The van der Waals surface area contributed by atoms with Gasteiger partial charge in [0.05, 0.1) is 6.61 Å². The Kier molecular flexibility index (Phi) is 5.04. The Hall–Kier alpha value is -0.980. The van der Waals surface area contributed by atoms with E-state index in [9.17, 15) is 15.3 Å². The molecular weight excluding hydrogens is 224 g/mol. The van der Waals surface area contributed by atoms with Crippen molar-refractivity contribution >= 4 is 0 Å². The zero-order valence-electron chi connectivity index (χ0n) is 9.65. The maximum Gasteiger partial charge on any atom is 0.198 e. The predicted octanol–water partition coefficient (Wildman–Crippen LogP) is -0.722. The second-order valence-corrected chi connectivity index (χ2v) is 3.91. The van der Waals surface area contributed by atoms with Crippen molar-refractivity contribution in [3.63, 3.8) is 0 Å². The number of hydrogen-bond donors (Lipinski definition) is 4. The largest absolute Gasteiger partial charge is 0.394 e. The smallest absolute Gasteiger partial charge is 0.198 e. The Bertz CT molecular complexity index is 329. The van der Waals surface area contributed by atoms with Crippen LogP contribution in [0.5, 0.6) is 0 Å². The fourth-order valence-corrected chi connectivity index (χ4v) is 1.59. The van der Waals surface area contributed by atoms with Crippen molar-refractivity contribution in [1.29, 1.82) is 0 Å². The third-order valence-corrected chi connectivity index (χ3v) is 2.67. The van der Waals surface area contributed by atoms with Gasteiger partial charge < -0.3 is 25.2 Å². The molecule has 0 spiro atoms. The van der Waals surface area contributed by atoms with Crippen LogP contribution in [0.3, 0.4) is 0 Å². The van der Waals surface area contributed by atoms with Gasteiger partial charge in [-0.1, -0.05) is 30.3 Å². The summed E-state index contributed by atoms with van der Waals surface area (Å²) < 4.78 is 4.86. The zero-order chi connectivity index (χ0) is 12.9. The molecule has 0 aromatic heterocycles. The minimum absolute atomic E-state index is 0.0164. The number of ether oxygens (including phenoxy) is 1. The van der Waals surface area contributed by atoms with E-state index in [1.54, 1.807) is 24.3 Å². The molecule has 0 aliphatic carbocycles. The molecule has 17 heavy (non-hydrogen) atoms. The van der Waals surface area contributed by atoms with Gasteiger partial charge in [-0.05, 0) is 5.56 Å². The van der Waals surface area contributed by atoms with E-state index in [1.807, 2.05) is 6.07 Å². The number of hydrogen-bond acceptors (Lipinski definition) is 5. The third kappa shape index (κ3) is 3.49. The number of aliphatic hydroxyl groups excluding tert-OH is 3. The molecule has 5 nitrogen and oxygen atoms in total. The lowest BCUT2D eigenvalue weighted by atomic mass is 9.96. The molecule has 0 saturated heterocycles. The van der Waals surface area contributed by atoms with Gasteiger partial charge in [0.1, 0.15) is 12.2 Å². The van der Waals surface area contributed by atoms with Gasteiger partial charge in [-0.25, -0.2) is 0 Å². The molecule has 0 heterocycles. The lowest BCUT2D eigenvalue weighted by molar-refractivity contribution is -0.264. The number of methoxy groups -OCH3 is 1. The molecule has 0 fully saturated rings. The topological polar surface area (TPSA) is 90.2 Å². The van der Waals surface area contributed by atoms with Crippen LogP contribution in [0.15, 0.2) is 30.3 Å². The number of benzene rings is 1. The summed E-state index contributed by atoms with van der Waals surface area (Å²) in [5, 5.41) is 37.9. The Morgan fingerprint density at radius 2 is 1.82 bits per heavy atom. The molecule has 0 radical (unpaired) electrons. The summed E-state index contributed by atoms with van der Waals surface area (Å²) in [6, 6.07) is 8.94. The first-order chi connectivity index (χ1) is 8.03. The lowest BCUT2D eigenvalue weighted by Crippen LogP contribution is -2.53. The maximum absolute atomic E-state index is 10.1. The minimum atomic E-state index is -1.93. The van der Waals surface area contributed by atoms with E-state index >= 15 is 0 Å². The maximum atomic E-state index is 10.1. The molecule has 1 rings (SSSR count). The van der Waals surface area contributed by atoms with Crippen molar-refractivity contribution in [3.8, 4) is 0 Å². The van der Waals surface area contributed by atoms with Crippen LogP contribution in [-0.4, -0.2) is 52.1 Å². The van der Waals surface area contributed by atoms with Crippen molar-refractivity contribution in [1.82, 2.24) is 0 Å². The van der Waals surface area contributed by atoms with Crippen LogP contribution >= 0.6 is 0 Å². The summed E-state index contributed by atoms with van der Waals surface area (Å²) in [6.45, 7) is -0.651. The van der Waals surface area contributed by atoms with E-state index in [1.165, 1.54) is 7.11 Å². The van der Waals surface area contributed by atoms with Crippen LogP contribution in [0.2, 0.25) is 0 Å². The van der Waals surface area contributed by atoms with Gasteiger partial charge in [0.2, 0.25) is 0 Å². The Balaban J connectivity index is 2.82. The highest BCUT2D eigenvalue weighted by atomic mass is 16.6. The van der Waals surface area contributed by atoms with Gasteiger partial charge >= 0.3 is 0 Å². The molecule has 0 aliphatic rings. The summed E-state index contributed by atoms with van der Waals surface area (Å²) in [7, 11) is 1.23. The van der Waals surface area contributed by atoms with Crippen molar-refractivity contribution in [3.05, 3.63) is 35.9 Å². The molecule has 96 valence electrons. The van der Waals surface area contributed by atoms with Crippen LogP contribution in [0.25, 0.3) is 0 Å². The first-order valence-corrected chi connectivity index (χ1v) is 5.32. The van der Waals surface area contributed by atoms with E-state index in [0.717, 1.165) is 5.56 Å². The molecule has 0 bridgehead atoms. The Labute approximate surface area is 99.9 Å². The molecular formula is C12H18O5. The minimum Gasteiger partial charge on any atom is -0.394 e. The van der Waals surface area contributed by atoms with E-state index in [-0.39, 0.29) is 6.42 Å². The highest BCUT2D eigenvalue weighted by molar-refractivity contribution is 5.16.